The van der Waals surface area contributed by atoms with E-state index in [9.17, 15) is 13.2 Å². The van der Waals surface area contributed by atoms with Crippen LogP contribution < -0.4 is 10.1 Å². The van der Waals surface area contributed by atoms with Crippen LogP contribution in [0.15, 0.2) is 58.6 Å². The quantitative estimate of drug-likeness (QED) is 0.814. The summed E-state index contributed by atoms with van der Waals surface area (Å²) in [5, 5.41) is 2.85. The molecule has 2 aromatic rings. The fourth-order valence-electron chi connectivity index (χ4n) is 2.92. The number of benzene rings is 2. The maximum atomic E-state index is 12.8. The lowest BCUT2D eigenvalue weighted by atomic mass is 10.1. The van der Waals surface area contributed by atoms with Gasteiger partial charge in [0.15, 0.2) is 0 Å². The molecular weight excluding hydrogens is 390 g/mol. The van der Waals surface area contributed by atoms with Crippen molar-refractivity contribution in [3.63, 3.8) is 0 Å². The summed E-state index contributed by atoms with van der Waals surface area (Å²) >= 11 is 0. The first-order valence-electron chi connectivity index (χ1n) is 9.02. The van der Waals surface area contributed by atoms with Crippen molar-refractivity contribution < 1.29 is 17.9 Å². The number of methoxy groups -OCH3 is 1. The Balaban J connectivity index is 1.87. The summed E-state index contributed by atoms with van der Waals surface area (Å²) in [4.78, 5) is 12.8. The molecule has 29 heavy (non-hydrogen) atoms. The lowest BCUT2D eigenvalue weighted by Gasteiger charge is -2.24. The molecule has 0 saturated heterocycles. The van der Waals surface area contributed by atoms with Crippen molar-refractivity contribution in [2.45, 2.75) is 27.3 Å². The van der Waals surface area contributed by atoms with Gasteiger partial charge in [0.05, 0.1) is 24.9 Å². The molecule has 152 valence electrons. The Morgan fingerprint density at radius 1 is 1.10 bits per heavy atom. The highest BCUT2D eigenvalue weighted by molar-refractivity contribution is 7.88. The predicted molar refractivity (Wildman–Crippen MR) is 113 cm³/mol. The summed E-state index contributed by atoms with van der Waals surface area (Å²) in [6.45, 7) is 5.45. The lowest BCUT2D eigenvalue weighted by Crippen LogP contribution is -2.32. The Hall–Kier alpha value is -3.13. The van der Waals surface area contributed by atoms with E-state index in [0.717, 1.165) is 21.0 Å². The normalized spacial score (nSPS) is 15.4. The van der Waals surface area contributed by atoms with Crippen molar-refractivity contribution in [3.05, 3.63) is 70.9 Å². The number of carbonyl (C=O) groups excluding carboxylic acids is 1. The van der Waals surface area contributed by atoms with Crippen LogP contribution in [0.1, 0.15) is 23.6 Å². The van der Waals surface area contributed by atoms with E-state index in [0.29, 0.717) is 11.4 Å². The average Bonchev–Trinajstić information content (AvgIpc) is 2.67. The monoisotopic (exact) mass is 413 g/mol. The van der Waals surface area contributed by atoms with Gasteiger partial charge in [-0.3, -0.25) is 9.10 Å². The van der Waals surface area contributed by atoms with Crippen molar-refractivity contribution in [1.29, 1.82) is 0 Å². The molecule has 0 aliphatic carbocycles. The van der Waals surface area contributed by atoms with Crippen LogP contribution in [0.25, 0.3) is 0 Å². The minimum absolute atomic E-state index is 0.0589. The SMILES string of the molecule is COc1ccc(CN2C=C(C(=O)Nc3cccc(C)c3C)C(C)=NS2(=O)=O)cc1. The Morgan fingerprint density at radius 2 is 1.79 bits per heavy atom. The number of nitrogens with one attached hydrogen (secondary N) is 1. The highest BCUT2D eigenvalue weighted by atomic mass is 32.2. The Kier molecular flexibility index (Phi) is 5.74. The molecule has 0 unspecified atom stereocenters. The van der Waals surface area contributed by atoms with E-state index >= 15 is 0 Å². The lowest BCUT2D eigenvalue weighted by molar-refractivity contribution is -0.112. The van der Waals surface area contributed by atoms with Gasteiger partial charge in [0, 0.05) is 11.9 Å². The van der Waals surface area contributed by atoms with Gasteiger partial charge in [0.1, 0.15) is 5.75 Å². The molecule has 0 bridgehead atoms. The van der Waals surface area contributed by atoms with Crippen LogP contribution in [0.3, 0.4) is 0 Å². The number of carbonyl (C=O) groups is 1. The third-order valence-electron chi connectivity index (χ3n) is 4.81. The first kappa shape index (κ1) is 20.6. The van der Waals surface area contributed by atoms with Gasteiger partial charge >= 0.3 is 10.2 Å². The summed E-state index contributed by atoms with van der Waals surface area (Å²) in [5.41, 5.74) is 3.78. The number of hydrogen-bond acceptors (Lipinski definition) is 4. The Bertz CT molecular complexity index is 1100. The molecule has 0 saturated carbocycles. The Labute approximate surface area is 170 Å². The van der Waals surface area contributed by atoms with Crippen LogP contribution in [0.2, 0.25) is 0 Å². The van der Waals surface area contributed by atoms with Crippen LogP contribution in [-0.2, 0) is 21.5 Å². The molecule has 1 N–H and O–H groups in total. The van der Waals surface area contributed by atoms with Gasteiger partial charge in [-0.05, 0) is 55.7 Å². The number of anilines is 1. The van der Waals surface area contributed by atoms with E-state index in [1.165, 1.54) is 13.1 Å². The zero-order valence-corrected chi connectivity index (χ0v) is 17.6. The highest BCUT2D eigenvalue weighted by Crippen LogP contribution is 2.23. The van der Waals surface area contributed by atoms with E-state index in [-0.39, 0.29) is 17.8 Å². The van der Waals surface area contributed by atoms with E-state index in [2.05, 4.69) is 9.71 Å². The van der Waals surface area contributed by atoms with Crippen molar-refractivity contribution in [1.82, 2.24) is 4.31 Å². The second kappa shape index (κ2) is 8.08. The van der Waals surface area contributed by atoms with Crippen molar-refractivity contribution >= 4 is 27.5 Å². The number of rotatable bonds is 5. The first-order chi connectivity index (χ1) is 13.7. The van der Waals surface area contributed by atoms with Gasteiger partial charge in [-0.25, -0.2) is 0 Å². The minimum atomic E-state index is -3.91. The number of ether oxygens (including phenoxy) is 1. The van der Waals surface area contributed by atoms with Gasteiger partial charge in [-0.1, -0.05) is 24.3 Å². The van der Waals surface area contributed by atoms with Gasteiger partial charge in [0.2, 0.25) is 0 Å². The highest BCUT2D eigenvalue weighted by Gasteiger charge is 2.28. The molecule has 0 atom stereocenters. The summed E-state index contributed by atoms with van der Waals surface area (Å²) in [7, 11) is -2.35. The smallest absolute Gasteiger partial charge is 0.344 e. The van der Waals surface area contributed by atoms with E-state index in [1.54, 1.807) is 31.4 Å². The standard InChI is InChI=1S/C21H23N3O4S/c1-14-6-5-7-20(15(14)2)22-21(25)19-13-24(29(26,27)23-16(19)3)12-17-8-10-18(28-4)11-9-17/h5-11,13H,12H2,1-4H3,(H,22,25). The van der Waals surface area contributed by atoms with Crippen LogP contribution in [0.4, 0.5) is 5.69 Å². The molecule has 1 amide bonds. The van der Waals surface area contributed by atoms with Crippen LogP contribution in [0, 0.1) is 13.8 Å². The van der Waals surface area contributed by atoms with Crippen LogP contribution >= 0.6 is 0 Å². The van der Waals surface area contributed by atoms with E-state index < -0.39 is 16.1 Å². The van der Waals surface area contributed by atoms with Gasteiger partial charge in [-0.2, -0.15) is 8.42 Å². The fourth-order valence-corrected chi connectivity index (χ4v) is 4.02. The minimum Gasteiger partial charge on any atom is -0.497 e. The second-order valence-electron chi connectivity index (χ2n) is 6.79. The summed E-state index contributed by atoms with van der Waals surface area (Å²) < 4.78 is 34.9. The summed E-state index contributed by atoms with van der Waals surface area (Å²) in [6.07, 6.45) is 1.34. The van der Waals surface area contributed by atoms with Crippen molar-refractivity contribution in [3.8, 4) is 5.75 Å². The molecule has 0 fully saturated rings. The van der Waals surface area contributed by atoms with E-state index in [4.69, 9.17) is 4.74 Å². The molecular formula is C21H23N3O4S. The molecule has 7 nitrogen and oxygen atoms in total. The number of amides is 1. The largest absolute Gasteiger partial charge is 0.497 e. The molecule has 1 aliphatic rings. The molecule has 0 aromatic heterocycles. The van der Waals surface area contributed by atoms with Crippen molar-refractivity contribution in [2.24, 2.45) is 4.40 Å². The summed E-state index contributed by atoms with van der Waals surface area (Å²) in [5.74, 6) is 0.267. The first-order valence-corrected chi connectivity index (χ1v) is 10.4. The van der Waals surface area contributed by atoms with Gasteiger partial charge in [-0.15, -0.1) is 4.40 Å². The summed E-state index contributed by atoms with van der Waals surface area (Å²) in [6, 6.07) is 12.7. The van der Waals surface area contributed by atoms with Gasteiger partial charge in [0.25, 0.3) is 5.91 Å². The van der Waals surface area contributed by atoms with Crippen LogP contribution in [-0.4, -0.2) is 31.5 Å². The zero-order chi connectivity index (χ0) is 21.2. The maximum absolute atomic E-state index is 12.8. The average molecular weight is 413 g/mol. The topological polar surface area (TPSA) is 88.1 Å². The van der Waals surface area contributed by atoms with Gasteiger partial charge < -0.3 is 10.1 Å². The second-order valence-corrected chi connectivity index (χ2v) is 8.34. The molecule has 2 aromatic carbocycles. The maximum Gasteiger partial charge on any atom is 0.344 e. The fraction of sp³-hybridized carbons (Fsp3) is 0.238. The number of hydrogen-bond donors (Lipinski definition) is 1. The molecule has 0 spiro atoms. The number of nitrogens with zero attached hydrogens (tertiary/aromatic N) is 2. The molecule has 3 rings (SSSR count). The van der Waals surface area contributed by atoms with E-state index in [1.807, 2.05) is 32.0 Å². The van der Waals surface area contributed by atoms with Crippen molar-refractivity contribution in [2.75, 3.05) is 12.4 Å². The predicted octanol–water partition coefficient (Wildman–Crippen LogP) is 3.36. The third-order valence-corrected chi connectivity index (χ3v) is 6.14. The third kappa shape index (κ3) is 4.48. The Morgan fingerprint density at radius 3 is 2.45 bits per heavy atom. The molecule has 8 heteroatoms. The molecule has 1 aliphatic heterocycles. The molecule has 1 heterocycles. The number of aryl methyl sites for hydroxylation is 1. The zero-order valence-electron chi connectivity index (χ0n) is 16.8. The van der Waals surface area contributed by atoms with Crippen LogP contribution in [0.5, 0.6) is 5.75 Å². The molecule has 0 radical (unpaired) electrons.